The SMILES string of the molecule is CN(C(=O)c1ccc2[nH]c3ccc(F)cc3c(=O)c2c1)c1ccccc1. The molecule has 0 unspecified atom stereocenters. The monoisotopic (exact) mass is 346 g/mol. The fraction of sp³-hybridized carbons (Fsp3) is 0.0476. The van der Waals surface area contributed by atoms with Crippen molar-refractivity contribution in [2.24, 2.45) is 0 Å². The number of rotatable bonds is 2. The van der Waals surface area contributed by atoms with Crippen LogP contribution in [0.2, 0.25) is 0 Å². The predicted molar refractivity (Wildman–Crippen MR) is 101 cm³/mol. The van der Waals surface area contributed by atoms with E-state index in [1.807, 2.05) is 30.3 Å². The summed E-state index contributed by atoms with van der Waals surface area (Å²) in [5.74, 6) is -0.699. The molecule has 0 bridgehead atoms. The van der Waals surface area contributed by atoms with Crippen LogP contribution in [0.25, 0.3) is 21.8 Å². The maximum absolute atomic E-state index is 13.5. The minimum atomic E-state index is -0.474. The lowest BCUT2D eigenvalue weighted by molar-refractivity contribution is 0.0993. The Bertz CT molecular complexity index is 1200. The molecule has 0 saturated carbocycles. The lowest BCUT2D eigenvalue weighted by Gasteiger charge is -2.17. The van der Waals surface area contributed by atoms with Crippen LogP contribution >= 0.6 is 0 Å². The van der Waals surface area contributed by atoms with Crippen molar-refractivity contribution in [2.75, 3.05) is 11.9 Å². The summed E-state index contributed by atoms with van der Waals surface area (Å²) in [7, 11) is 1.68. The summed E-state index contributed by atoms with van der Waals surface area (Å²) in [6.07, 6.45) is 0. The van der Waals surface area contributed by atoms with E-state index in [9.17, 15) is 14.0 Å². The second-order valence-electron chi connectivity index (χ2n) is 6.10. The molecule has 5 heteroatoms. The maximum atomic E-state index is 13.5. The molecule has 26 heavy (non-hydrogen) atoms. The third kappa shape index (κ3) is 2.63. The zero-order chi connectivity index (χ0) is 18.3. The van der Waals surface area contributed by atoms with E-state index >= 15 is 0 Å². The lowest BCUT2D eigenvalue weighted by atomic mass is 10.1. The molecule has 0 radical (unpaired) electrons. The van der Waals surface area contributed by atoms with E-state index in [1.165, 1.54) is 23.1 Å². The molecule has 0 atom stereocenters. The van der Waals surface area contributed by atoms with Crippen LogP contribution in [0, 0.1) is 5.82 Å². The number of amides is 1. The molecule has 1 N–H and O–H groups in total. The Hall–Kier alpha value is -3.47. The van der Waals surface area contributed by atoms with E-state index < -0.39 is 5.82 Å². The first kappa shape index (κ1) is 16.0. The van der Waals surface area contributed by atoms with Gasteiger partial charge in [-0.3, -0.25) is 9.59 Å². The Kier molecular flexibility index (Phi) is 3.77. The van der Waals surface area contributed by atoms with Crippen LogP contribution in [0.4, 0.5) is 10.1 Å². The summed E-state index contributed by atoms with van der Waals surface area (Å²) in [5.41, 5.74) is 2.01. The molecule has 1 amide bonds. The number of hydrogen-bond acceptors (Lipinski definition) is 2. The van der Waals surface area contributed by atoms with Crippen molar-refractivity contribution >= 4 is 33.4 Å². The molecule has 1 heterocycles. The molecular formula is C21H15FN2O2. The molecule has 1 aromatic heterocycles. The lowest BCUT2D eigenvalue weighted by Crippen LogP contribution is -2.26. The largest absolute Gasteiger partial charge is 0.354 e. The van der Waals surface area contributed by atoms with Crippen LogP contribution in [0.3, 0.4) is 0 Å². The quantitative estimate of drug-likeness (QED) is 0.556. The molecule has 4 nitrogen and oxygen atoms in total. The number of fused-ring (bicyclic) bond motifs is 2. The van der Waals surface area contributed by atoms with E-state index in [-0.39, 0.29) is 16.7 Å². The van der Waals surface area contributed by atoms with Gasteiger partial charge in [-0.1, -0.05) is 18.2 Å². The highest BCUT2D eigenvalue weighted by Crippen LogP contribution is 2.20. The third-order valence-electron chi connectivity index (χ3n) is 4.45. The Morgan fingerprint density at radius 1 is 0.923 bits per heavy atom. The van der Waals surface area contributed by atoms with Crippen molar-refractivity contribution in [3.05, 3.63) is 88.3 Å². The summed E-state index contributed by atoms with van der Waals surface area (Å²) in [5, 5.41) is 0.619. The van der Waals surface area contributed by atoms with E-state index in [4.69, 9.17) is 0 Å². The van der Waals surface area contributed by atoms with Crippen molar-refractivity contribution in [2.45, 2.75) is 0 Å². The van der Waals surface area contributed by atoms with Crippen molar-refractivity contribution < 1.29 is 9.18 Å². The number of aromatic amines is 1. The summed E-state index contributed by atoms with van der Waals surface area (Å²) < 4.78 is 13.5. The summed E-state index contributed by atoms with van der Waals surface area (Å²) in [6.45, 7) is 0. The van der Waals surface area contributed by atoms with Crippen LogP contribution < -0.4 is 10.3 Å². The number of nitrogens with zero attached hydrogens (tertiary/aromatic N) is 1. The number of hydrogen-bond donors (Lipinski definition) is 1. The van der Waals surface area contributed by atoms with Crippen LogP contribution in [0.15, 0.2) is 71.5 Å². The predicted octanol–water partition coefficient (Wildman–Crippen LogP) is 4.10. The number of para-hydroxylation sites is 1. The number of anilines is 1. The van der Waals surface area contributed by atoms with E-state index in [0.717, 1.165) is 5.69 Å². The highest BCUT2D eigenvalue weighted by molar-refractivity contribution is 6.08. The first-order chi connectivity index (χ1) is 12.5. The van der Waals surface area contributed by atoms with Gasteiger partial charge in [0.25, 0.3) is 5.91 Å². The standard InChI is InChI=1S/C21H15FN2O2/c1-24(15-5-3-2-4-6-15)21(26)13-7-9-18-16(11-13)20(25)17-12-14(22)8-10-19(17)23-18/h2-12H,1H3,(H,23,25). The Morgan fingerprint density at radius 2 is 1.58 bits per heavy atom. The fourth-order valence-electron chi connectivity index (χ4n) is 3.04. The number of nitrogens with one attached hydrogen (secondary N) is 1. The van der Waals surface area contributed by atoms with Crippen molar-refractivity contribution in [3.63, 3.8) is 0 Å². The zero-order valence-electron chi connectivity index (χ0n) is 14.0. The second-order valence-corrected chi connectivity index (χ2v) is 6.10. The van der Waals surface area contributed by atoms with E-state index in [1.54, 1.807) is 25.2 Å². The number of H-pyrrole nitrogens is 1. The van der Waals surface area contributed by atoms with E-state index in [2.05, 4.69) is 4.98 Å². The van der Waals surface area contributed by atoms with Crippen LogP contribution in [-0.4, -0.2) is 17.9 Å². The molecule has 0 fully saturated rings. The molecule has 128 valence electrons. The van der Waals surface area contributed by atoms with Gasteiger partial charge in [0.1, 0.15) is 5.82 Å². The van der Waals surface area contributed by atoms with Gasteiger partial charge in [-0.25, -0.2) is 4.39 Å². The average molecular weight is 346 g/mol. The summed E-state index contributed by atoms with van der Waals surface area (Å²) in [6, 6.07) is 18.2. The minimum absolute atomic E-state index is 0.225. The maximum Gasteiger partial charge on any atom is 0.258 e. The number of carbonyl (C=O) groups excluding carboxylic acids is 1. The zero-order valence-corrected chi connectivity index (χ0v) is 14.0. The Morgan fingerprint density at radius 3 is 2.31 bits per heavy atom. The number of carbonyl (C=O) groups is 1. The van der Waals surface area contributed by atoms with Gasteiger partial charge in [0.15, 0.2) is 5.43 Å². The van der Waals surface area contributed by atoms with Crippen LogP contribution in [0.5, 0.6) is 0 Å². The normalized spacial score (nSPS) is 11.0. The van der Waals surface area contributed by atoms with Gasteiger partial charge in [-0.15, -0.1) is 0 Å². The first-order valence-electron chi connectivity index (χ1n) is 8.13. The molecule has 0 spiro atoms. The molecule has 4 rings (SSSR count). The Labute approximate surface area is 148 Å². The van der Waals surface area contributed by atoms with E-state index in [0.29, 0.717) is 22.0 Å². The minimum Gasteiger partial charge on any atom is -0.354 e. The second kappa shape index (κ2) is 6.11. The summed E-state index contributed by atoms with van der Waals surface area (Å²) >= 11 is 0. The highest BCUT2D eigenvalue weighted by Gasteiger charge is 2.15. The Balaban J connectivity index is 1.84. The number of pyridine rings is 1. The molecule has 4 aromatic rings. The average Bonchev–Trinajstić information content (AvgIpc) is 2.68. The number of halogens is 1. The topological polar surface area (TPSA) is 53.2 Å². The molecular weight excluding hydrogens is 331 g/mol. The van der Waals surface area contributed by atoms with Gasteiger partial charge in [0.2, 0.25) is 0 Å². The van der Waals surface area contributed by atoms with Crippen LogP contribution in [0.1, 0.15) is 10.4 Å². The number of benzene rings is 3. The summed E-state index contributed by atoms with van der Waals surface area (Å²) in [4.78, 5) is 30.2. The molecule has 0 aliphatic heterocycles. The third-order valence-corrected chi connectivity index (χ3v) is 4.45. The van der Waals surface area contributed by atoms with Gasteiger partial charge in [0, 0.05) is 40.1 Å². The first-order valence-corrected chi connectivity index (χ1v) is 8.13. The molecule has 0 aliphatic rings. The molecule has 0 saturated heterocycles. The molecule has 3 aromatic carbocycles. The number of aromatic nitrogens is 1. The van der Waals surface area contributed by atoms with Crippen molar-refractivity contribution in [1.29, 1.82) is 0 Å². The van der Waals surface area contributed by atoms with Crippen molar-refractivity contribution in [3.8, 4) is 0 Å². The fourth-order valence-corrected chi connectivity index (χ4v) is 3.04. The van der Waals surface area contributed by atoms with Crippen molar-refractivity contribution in [1.82, 2.24) is 4.98 Å². The molecule has 0 aliphatic carbocycles. The van der Waals surface area contributed by atoms with Gasteiger partial charge in [-0.05, 0) is 48.5 Å². The van der Waals surface area contributed by atoms with Gasteiger partial charge in [0.05, 0.1) is 0 Å². The van der Waals surface area contributed by atoms with Crippen LogP contribution in [-0.2, 0) is 0 Å². The highest BCUT2D eigenvalue weighted by atomic mass is 19.1. The van der Waals surface area contributed by atoms with Gasteiger partial charge < -0.3 is 9.88 Å². The smallest absolute Gasteiger partial charge is 0.258 e. The van der Waals surface area contributed by atoms with Gasteiger partial charge >= 0.3 is 0 Å². The van der Waals surface area contributed by atoms with Gasteiger partial charge in [-0.2, -0.15) is 0 Å².